The molecule has 0 saturated heterocycles. The summed E-state index contributed by atoms with van der Waals surface area (Å²) < 4.78 is 0.967. The number of halogens is 1. The van der Waals surface area contributed by atoms with E-state index in [1.54, 1.807) is 18.2 Å². The third-order valence-corrected chi connectivity index (χ3v) is 4.02. The summed E-state index contributed by atoms with van der Waals surface area (Å²) in [6, 6.07) is 11.0. The fraction of sp³-hybridized carbons (Fsp3) is 0.133. The van der Waals surface area contributed by atoms with Gasteiger partial charge in [0.05, 0.1) is 5.69 Å². The van der Waals surface area contributed by atoms with Gasteiger partial charge in [-0.25, -0.2) is 0 Å². The van der Waals surface area contributed by atoms with Crippen LogP contribution in [0.25, 0.3) is 0 Å². The molecule has 0 aromatic heterocycles. The van der Waals surface area contributed by atoms with E-state index in [-0.39, 0.29) is 5.91 Å². The molecule has 5 heteroatoms. The summed E-state index contributed by atoms with van der Waals surface area (Å²) in [5.41, 5.74) is 6.71. The standard InChI is InChI=1S/C15H16BrN3O/c1-9-8-11(6-7-13(9)19-17)15(20)18-14-5-3-4-12(16)10(14)2/h3-8,19H,17H2,1-2H3,(H,18,20). The third kappa shape index (κ3) is 3.00. The number of nitrogens with two attached hydrogens (primary N) is 1. The first kappa shape index (κ1) is 14.6. The van der Waals surface area contributed by atoms with Crippen LogP contribution in [0, 0.1) is 13.8 Å². The van der Waals surface area contributed by atoms with Gasteiger partial charge in [-0.2, -0.15) is 0 Å². The largest absolute Gasteiger partial charge is 0.324 e. The lowest BCUT2D eigenvalue weighted by Gasteiger charge is -2.11. The van der Waals surface area contributed by atoms with Gasteiger partial charge >= 0.3 is 0 Å². The molecule has 2 aromatic rings. The molecule has 0 radical (unpaired) electrons. The van der Waals surface area contributed by atoms with Gasteiger partial charge < -0.3 is 10.7 Å². The number of nitrogens with one attached hydrogen (secondary N) is 2. The first-order valence-electron chi connectivity index (χ1n) is 6.16. The van der Waals surface area contributed by atoms with Crippen LogP contribution in [0.3, 0.4) is 0 Å². The maximum Gasteiger partial charge on any atom is 0.255 e. The highest BCUT2D eigenvalue weighted by Gasteiger charge is 2.10. The van der Waals surface area contributed by atoms with Gasteiger partial charge in [-0.3, -0.25) is 10.6 Å². The minimum atomic E-state index is -0.141. The van der Waals surface area contributed by atoms with E-state index in [1.165, 1.54) is 0 Å². The summed E-state index contributed by atoms with van der Waals surface area (Å²) in [6.45, 7) is 3.85. The number of hydrogen-bond donors (Lipinski definition) is 3. The molecule has 2 aromatic carbocycles. The summed E-state index contributed by atoms with van der Waals surface area (Å²) in [6.07, 6.45) is 0. The number of anilines is 2. The molecule has 20 heavy (non-hydrogen) atoms. The highest BCUT2D eigenvalue weighted by atomic mass is 79.9. The zero-order valence-electron chi connectivity index (χ0n) is 11.3. The van der Waals surface area contributed by atoms with Crippen molar-refractivity contribution < 1.29 is 4.79 Å². The molecule has 2 rings (SSSR count). The van der Waals surface area contributed by atoms with E-state index in [0.717, 1.165) is 27.0 Å². The Hall–Kier alpha value is -1.85. The fourth-order valence-electron chi connectivity index (χ4n) is 1.90. The van der Waals surface area contributed by atoms with Crippen molar-refractivity contribution in [2.24, 2.45) is 5.84 Å². The van der Waals surface area contributed by atoms with Crippen LogP contribution in [0.5, 0.6) is 0 Å². The number of hydrazine groups is 1. The van der Waals surface area contributed by atoms with Crippen molar-refractivity contribution >= 4 is 33.2 Å². The maximum atomic E-state index is 12.3. The second-order valence-corrected chi connectivity index (χ2v) is 5.39. The van der Waals surface area contributed by atoms with E-state index in [0.29, 0.717) is 5.56 Å². The first-order valence-corrected chi connectivity index (χ1v) is 6.96. The van der Waals surface area contributed by atoms with E-state index in [9.17, 15) is 4.79 Å². The SMILES string of the molecule is Cc1cc(C(=O)Nc2cccc(Br)c2C)ccc1NN. The summed E-state index contributed by atoms with van der Waals surface area (Å²) >= 11 is 3.45. The lowest BCUT2D eigenvalue weighted by molar-refractivity contribution is 0.102. The molecule has 0 bridgehead atoms. The molecule has 4 N–H and O–H groups in total. The maximum absolute atomic E-state index is 12.3. The molecule has 0 aliphatic rings. The van der Waals surface area contributed by atoms with Gasteiger partial charge in [-0.05, 0) is 55.3 Å². The minimum Gasteiger partial charge on any atom is -0.324 e. The zero-order chi connectivity index (χ0) is 14.7. The van der Waals surface area contributed by atoms with Gasteiger partial charge in [-0.15, -0.1) is 0 Å². The lowest BCUT2D eigenvalue weighted by Crippen LogP contribution is -2.14. The Kier molecular flexibility index (Phi) is 4.42. The predicted octanol–water partition coefficient (Wildman–Crippen LogP) is 3.60. The zero-order valence-corrected chi connectivity index (χ0v) is 12.9. The van der Waals surface area contributed by atoms with Crippen LogP contribution in [0.2, 0.25) is 0 Å². The molecule has 0 unspecified atom stereocenters. The normalized spacial score (nSPS) is 10.2. The van der Waals surface area contributed by atoms with Crippen LogP contribution in [-0.2, 0) is 0 Å². The molecule has 0 saturated carbocycles. The van der Waals surface area contributed by atoms with E-state index >= 15 is 0 Å². The number of amides is 1. The molecule has 0 heterocycles. The topological polar surface area (TPSA) is 67.2 Å². The van der Waals surface area contributed by atoms with Crippen molar-refractivity contribution in [2.45, 2.75) is 13.8 Å². The molecular formula is C15H16BrN3O. The Labute approximate surface area is 126 Å². The van der Waals surface area contributed by atoms with Crippen LogP contribution < -0.4 is 16.6 Å². The Morgan fingerprint density at radius 1 is 1.15 bits per heavy atom. The van der Waals surface area contributed by atoms with Crippen molar-refractivity contribution in [1.29, 1.82) is 0 Å². The molecule has 1 amide bonds. The molecule has 0 spiro atoms. The van der Waals surface area contributed by atoms with Crippen LogP contribution in [0.1, 0.15) is 21.5 Å². The number of nitrogen functional groups attached to an aromatic ring is 1. The van der Waals surface area contributed by atoms with Crippen molar-refractivity contribution in [3.05, 3.63) is 57.6 Å². The molecule has 104 valence electrons. The molecular weight excluding hydrogens is 318 g/mol. The number of aryl methyl sites for hydroxylation is 1. The predicted molar refractivity (Wildman–Crippen MR) is 85.8 cm³/mol. The van der Waals surface area contributed by atoms with Crippen LogP contribution in [-0.4, -0.2) is 5.91 Å². The van der Waals surface area contributed by atoms with Gasteiger partial charge in [0.1, 0.15) is 0 Å². The quantitative estimate of drug-likeness (QED) is 0.593. The van der Waals surface area contributed by atoms with Crippen molar-refractivity contribution in [2.75, 3.05) is 10.7 Å². The van der Waals surface area contributed by atoms with Gasteiger partial charge in [-0.1, -0.05) is 22.0 Å². The van der Waals surface area contributed by atoms with Gasteiger partial charge in [0, 0.05) is 15.7 Å². The summed E-state index contributed by atoms with van der Waals surface area (Å²) in [5.74, 6) is 5.24. The summed E-state index contributed by atoms with van der Waals surface area (Å²) in [5, 5.41) is 2.91. The van der Waals surface area contributed by atoms with E-state index < -0.39 is 0 Å². The molecule has 0 aliphatic carbocycles. The number of rotatable bonds is 3. The monoisotopic (exact) mass is 333 g/mol. The molecule has 4 nitrogen and oxygen atoms in total. The van der Waals surface area contributed by atoms with Crippen LogP contribution in [0.4, 0.5) is 11.4 Å². The number of benzene rings is 2. The summed E-state index contributed by atoms with van der Waals surface area (Å²) in [4.78, 5) is 12.3. The lowest BCUT2D eigenvalue weighted by atomic mass is 10.1. The second kappa shape index (κ2) is 6.07. The fourth-order valence-corrected chi connectivity index (χ4v) is 2.27. The van der Waals surface area contributed by atoms with Gasteiger partial charge in [0.25, 0.3) is 5.91 Å². The highest BCUT2D eigenvalue weighted by molar-refractivity contribution is 9.10. The Bertz CT molecular complexity index is 656. The Morgan fingerprint density at radius 2 is 1.90 bits per heavy atom. The van der Waals surface area contributed by atoms with E-state index in [4.69, 9.17) is 5.84 Å². The smallest absolute Gasteiger partial charge is 0.255 e. The summed E-state index contributed by atoms with van der Waals surface area (Å²) in [7, 11) is 0. The van der Waals surface area contributed by atoms with Crippen molar-refractivity contribution in [3.63, 3.8) is 0 Å². The average molecular weight is 334 g/mol. The first-order chi connectivity index (χ1) is 9.52. The van der Waals surface area contributed by atoms with Gasteiger partial charge in [0.2, 0.25) is 0 Å². The second-order valence-electron chi connectivity index (χ2n) is 4.54. The Balaban J connectivity index is 2.24. The van der Waals surface area contributed by atoms with Crippen molar-refractivity contribution in [1.82, 2.24) is 0 Å². The van der Waals surface area contributed by atoms with E-state index in [1.807, 2.05) is 32.0 Å². The minimum absolute atomic E-state index is 0.141. The third-order valence-electron chi connectivity index (χ3n) is 3.16. The van der Waals surface area contributed by atoms with Gasteiger partial charge in [0.15, 0.2) is 0 Å². The van der Waals surface area contributed by atoms with Crippen molar-refractivity contribution in [3.8, 4) is 0 Å². The van der Waals surface area contributed by atoms with E-state index in [2.05, 4.69) is 26.7 Å². The van der Waals surface area contributed by atoms with Crippen LogP contribution >= 0.6 is 15.9 Å². The number of carbonyl (C=O) groups excluding carboxylic acids is 1. The number of carbonyl (C=O) groups is 1. The number of hydrogen-bond acceptors (Lipinski definition) is 3. The molecule has 0 fully saturated rings. The molecule has 0 aliphatic heterocycles. The van der Waals surface area contributed by atoms with Crippen LogP contribution in [0.15, 0.2) is 40.9 Å². The highest BCUT2D eigenvalue weighted by Crippen LogP contribution is 2.24. The Morgan fingerprint density at radius 3 is 2.55 bits per heavy atom. The molecule has 0 atom stereocenters. The average Bonchev–Trinajstić information content (AvgIpc) is 2.43.